The molecule has 0 saturated carbocycles. The van der Waals surface area contributed by atoms with Gasteiger partial charge in [-0.05, 0) is 24.5 Å². The van der Waals surface area contributed by atoms with E-state index in [-0.39, 0.29) is 0 Å². The van der Waals surface area contributed by atoms with Crippen LogP contribution in [-0.2, 0) is 6.42 Å². The standard InChI is InChI=1S/C11H15N3O/c1-2-3-9-5-7-4-8(10(12)15)6-13-11(7)14-9/h4,6,9H,2-3,5H2,1H3,(H2,12,15)(H,13,14)/t9-/m1/s1. The second kappa shape index (κ2) is 3.88. The van der Waals surface area contributed by atoms with Crippen LogP contribution in [0.1, 0.15) is 35.7 Å². The SMILES string of the molecule is CCC[C@@H]1Cc2cc(C(N)=O)cnc2N1. The second-order valence-corrected chi connectivity index (χ2v) is 3.93. The van der Waals surface area contributed by atoms with Gasteiger partial charge in [-0.2, -0.15) is 0 Å². The average molecular weight is 205 g/mol. The summed E-state index contributed by atoms with van der Waals surface area (Å²) in [7, 11) is 0. The molecular weight excluding hydrogens is 190 g/mol. The Morgan fingerprint density at radius 3 is 3.20 bits per heavy atom. The molecule has 1 aliphatic heterocycles. The topological polar surface area (TPSA) is 68.0 Å². The van der Waals surface area contributed by atoms with E-state index < -0.39 is 5.91 Å². The summed E-state index contributed by atoms with van der Waals surface area (Å²) >= 11 is 0. The van der Waals surface area contributed by atoms with Crippen LogP contribution in [0.25, 0.3) is 0 Å². The van der Waals surface area contributed by atoms with E-state index in [4.69, 9.17) is 5.73 Å². The van der Waals surface area contributed by atoms with Crippen LogP contribution < -0.4 is 11.1 Å². The minimum atomic E-state index is -0.413. The number of rotatable bonds is 3. The van der Waals surface area contributed by atoms with Gasteiger partial charge in [0.1, 0.15) is 5.82 Å². The zero-order valence-corrected chi connectivity index (χ0v) is 8.79. The highest BCUT2D eigenvalue weighted by Gasteiger charge is 2.21. The molecular formula is C11H15N3O. The van der Waals surface area contributed by atoms with E-state index in [0.29, 0.717) is 11.6 Å². The maximum atomic E-state index is 11.0. The molecule has 3 N–H and O–H groups in total. The number of aromatic nitrogens is 1. The third-order valence-electron chi connectivity index (χ3n) is 2.70. The fourth-order valence-electron chi connectivity index (χ4n) is 1.96. The number of nitrogens with two attached hydrogens (primary N) is 1. The van der Waals surface area contributed by atoms with Gasteiger partial charge in [-0.1, -0.05) is 13.3 Å². The first kappa shape index (κ1) is 9.96. The lowest BCUT2D eigenvalue weighted by Gasteiger charge is -2.07. The fourth-order valence-corrected chi connectivity index (χ4v) is 1.96. The number of amides is 1. The number of anilines is 1. The van der Waals surface area contributed by atoms with Gasteiger partial charge in [0.2, 0.25) is 5.91 Å². The highest BCUT2D eigenvalue weighted by atomic mass is 16.1. The van der Waals surface area contributed by atoms with E-state index in [1.165, 1.54) is 6.20 Å². The minimum absolute atomic E-state index is 0.413. The van der Waals surface area contributed by atoms with Crippen molar-refractivity contribution in [3.8, 4) is 0 Å². The molecule has 0 unspecified atom stereocenters. The van der Waals surface area contributed by atoms with Gasteiger partial charge in [0.05, 0.1) is 5.56 Å². The van der Waals surface area contributed by atoms with Gasteiger partial charge in [0, 0.05) is 12.2 Å². The zero-order chi connectivity index (χ0) is 10.8. The Hall–Kier alpha value is -1.58. The summed E-state index contributed by atoms with van der Waals surface area (Å²) in [5, 5.41) is 3.34. The molecule has 4 heteroatoms. The summed E-state index contributed by atoms with van der Waals surface area (Å²) in [5.74, 6) is 0.489. The molecule has 0 bridgehead atoms. The summed E-state index contributed by atoms with van der Waals surface area (Å²) < 4.78 is 0. The van der Waals surface area contributed by atoms with Crippen LogP contribution in [0.3, 0.4) is 0 Å². The predicted molar refractivity (Wildman–Crippen MR) is 58.8 cm³/mol. The zero-order valence-electron chi connectivity index (χ0n) is 8.79. The molecule has 1 amide bonds. The van der Waals surface area contributed by atoms with E-state index >= 15 is 0 Å². The molecule has 4 nitrogen and oxygen atoms in total. The number of fused-ring (bicyclic) bond motifs is 1. The lowest BCUT2D eigenvalue weighted by molar-refractivity contribution is 0.1000. The predicted octanol–water partition coefficient (Wildman–Crippen LogP) is 1.32. The number of hydrogen-bond acceptors (Lipinski definition) is 3. The van der Waals surface area contributed by atoms with Gasteiger partial charge >= 0.3 is 0 Å². The van der Waals surface area contributed by atoms with E-state index in [9.17, 15) is 4.79 Å². The highest BCUT2D eigenvalue weighted by Crippen LogP contribution is 2.25. The van der Waals surface area contributed by atoms with Crippen molar-refractivity contribution < 1.29 is 4.79 Å². The normalized spacial score (nSPS) is 18.3. The third-order valence-corrected chi connectivity index (χ3v) is 2.70. The molecule has 0 spiro atoms. The summed E-state index contributed by atoms with van der Waals surface area (Å²) in [6.45, 7) is 2.16. The summed E-state index contributed by atoms with van der Waals surface area (Å²) in [6, 6.07) is 2.30. The van der Waals surface area contributed by atoms with Crippen LogP contribution in [0.5, 0.6) is 0 Å². The molecule has 0 radical (unpaired) electrons. The van der Waals surface area contributed by atoms with E-state index in [1.54, 1.807) is 0 Å². The molecule has 0 aliphatic carbocycles. The molecule has 1 aromatic heterocycles. The van der Waals surface area contributed by atoms with Gasteiger partial charge in [0.25, 0.3) is 0 Å². The van der Waals surface area contributed by atoms with Crippen molar-refractivity contribution in [2.45, 2.75) is 32.2 Å². The number of carbonyl (C=O) groups excluding carboxylic acids is 1. The number of nitrogens with one attached hydrogen (secondary N) is 1. The maximum Gasteiger partial charge on any atom is 0.250 e. The Morgan fingerprint density at radius 1 is 1.73 bits per heavy atom. The largest absolute Gasteiger partial charge is 0.367 e. The van der Waals surface area contributed by atoms with Crippen LogP contribution in [0.4, 0.5) is 5.82 Å². The fraction of sp³-hybridized carbons (Fsp3) is 0.455. The van der Waals surface area contributed by atoms with Gasteiger partial charge in [-0.25, -0.2) is 4.98 Å². The van der Waals surface area contributed by atoms with Crippen LogP contribution in [0.2, 0.25) is 0 Å². The monoisotopic (exact) mass is 205 g/mol. The Bertz CT molecular complexity index is 389. The Kier molecular flexibility index (Phi) is 2.58. The second-order valence-electron chi connectivity index (χ2n) is 3.93. The first-order valence-electron chi connectivity index (χ1n) is 5.26. The number of hydrogen-bond donors (Lipinski definition) is 2. The van der Waals surface area contributed by atoms with E-state index in [0.717, 1.165) is 30.6 Å². The number of pyridine rings is 1. The molecule has 1 aliphatic rings. The van der Waals surface area contributed by atoms with Gasteiger partial charge in [-0.3, -0.25) is 4.79 Å². The molecule has 0 aromatic carbocycles. The lowest BCUT2D eigenvalue weighted by Crippen LogP contribution is -2.14. The van der Waals surface area contributed by atoms with Crippen LogP contribution >= 0.6 is 0 Å². The lowest BCUT2D eigenvalue weighted by atomic mass is 10.1. The number of carbonyl (C=O) groups is 1. The molecule has 80 valence electrons. The Labute approximate surface area is 88.9 Å². The third kappa shape index (κ3) is 1.93. The molecule has 2 heterocycles. The van der Waals surface area contributed by atoms with E-state index in [1.807, 2.05) is 6.07 Å². The van der Waals surface area contributed by atoms with Crippen molar-refractivity contribution >= 4 is 11.7 Å². The molecule has 15 heavy (non-hydrogen) atoms. The average Bonchev–Trinajstić information content (AvgIpc) is 2.59. The first-order valence-corrected chi connectivity index (χ1v) is 5.26. The van der Waals surface area contributed by atoms with Crippen molar-refractivity contribution in [2.24, 2.45) is 5.73 Å². The molecule has 1 atom stereocenters. The highest BCUT2D eigenvalue weighted by molar-refractivity contribution is 5.93. The van der Waals surface area contributed by atoms with Gasteiger partial charge in [-0.15, -0.1) is 0 Å². The Morgan fingerprint density at radius 2 is 2.53 bits per heavy atom. The van der Waals surface area contributed by atoms with Crippen LogP contribution in [0, 0.1) is 0 Å². The molecule has 0 fully saturated rings. The van der Waals surface area contributed by atoms with E-state index in [2.05, 4.69) is 17.2 Å². The quantitative estimate of drug-likeness (QED) is 0.782. The number of nitrogens with zero attached hydrogens (tertiary/aromatic N) is 1. The van der Waals surface area contributed by atoms with Crippen molar-refractivity contribution in [3.05, 3.63) is 23.4 Å². The first-order chi connectivity index (χ1) is 7.20. The maximum absolute atomic E-state index is 11.0. The van der Waals surface area contributed by atoms with Crippen LogP contribution in [0.15, 0.2) is 12.3 Å². The van der Waals surface area contributed by atoms with Gasteiger partial charge in [0.15, 0.2) is 0 Å². The molecule has 0 saturated heterocycles. The minimum Gasteiger partial charge on any atom is -0.367 e. The smallest absolute Gasteiger partial charge is 0.250 e. The van der Waals surface area contributed by atoms with Crippen molar-refractivity contribution in [2.75, 3.05) is 5.32 Å². The molecule has 2 rings (SSSR count). The van der Waals surface area contributed by atoms with Crippen molar-refractivity contribution in [3.63, 3.8) is 0 Å². The molecule has 1 aromatic rings. The summed E-state index contributed by atoms with van der Waals surface area (Å²) in [5.41, 5.74) is 6.80. The van der Waals surface area contributed by atoms with Gasteiger partial charge < -0.3 is 11.1 Å². The van der Waals surface area contributed by atoms with Crippen LogP contribution in [-0.4, -0.2) is 16.9 Å². The van der Waals surface area contributed by atoms with Crippen molar-refractivity contribution in [1.29, 1.82) is 0 Å². The summed E-state index contributed by atoms with van der Waals surface area (Å²) in [6.07, 6.45) is 4.75. The summed E-state index contributed by atoms with van der Waals surface area (Å²) in [4.78, 5) is 15.2. The van der Waals surface area contributed by atoms with Crippen molar-refractivity contribution in [1.82, 2.24) is 4.98 Å². The number of primary amides is 1. The Balaban J connectivity index is 2.20.